The topological polar surface area (TPSA) is 101 Å². The number of pyridine rings is 1. The van der Waals surface area contributed by atoms with Crippen LogP contribution in [0, 0.1) is 0 Å². The van der Waals surface area contributed by atoms with E-state index >= 15 is 0 Å². The highest BCUT2D eigenvalue weighted by molar-refractivity contribution is 5.98. The van der Waals surface area contributed by atoms with Gasteiger partial charge in [-0.25, -0.2) is 0 Å². The average Bonchev–Trinajstić information content (AvgIpc) is 3.39. The second-order valence-electron chi connectivity index (χ2n) is 10.3. The molecule has 0 radical (unpaired) electrons. The molecule has 7 heteroatoms. The van der Waals surface area contributed by atoms with E-state index in [1.54, 1.807) is 49.6 Å². The third-order valence-electron chi connectivity index (χ3n) is 7.82. The minimum absolute atomic E-state index is 0.204. The molecule has 0 amide bonds. The number of aryl methyl sites for hydroxylation is 2. The summed E-state index contributed by atoms with van der Waals surface area (Å²) in [6.07, 6.45) is 3.18. The number of benzene rings is 3. The fourth-order valence-electron chi connectivity index (χ4n) is 5.65. The number of methoxy groups -OCH3 is 1. The Bertz CT molecular complexity index is 1560. The second kappa shape index (κ2) is 12.1. The third kappa shape index (κ3) is 5.81. The summed E-state index contributed by atoms with van der Waals surface area (Å²) >= 11 is 0. The van der Waals surface area contributed by atoms with Crippen molar-refractivity contribution in [3.8, 4) is 11.5 Å². The Morgan fingerprint density at radius 3 is 2.42 bits per heavy atom. The van der Waals surface area contributed by atoms with Gasteiger partial charge in [0, 0.05) is 29.6 Å². The summed E-state index contributed by atoms with van der Waals surface area (Å²) < 4.78 is 11.1. The summed E-state index contributed by atoms with van der Waals surface area (Å²) in [5.41, 5.74) is 6.97. The highest BCUT2D eigenvalue weighted by Gasteiger charge is 2.24. The first kappa shape index (κ1) is 27.6. The van der Waals surface area contributed by atoms with Crippen molar-refractivity contribution in [3.63, 3.8) is 0 Å². The van der Waals surface area contributed by atoms with Crippen molar-refractivity contribution in [3.05, 3.63) is 104 Å². The zero-order chi connectivity index (χ0) is 28.2. The SMILES string of the molecule is CCc1cc2c(cc1CC)CC(NCC(O)c1ccc(OCC(=O)c3cccc(OC)c3)c3[nH]c(=O)ccc13)C2. The number of aliphatic hydroxyl groups is 1. The zero-order valence-corrected chi connectivity index (χ0v) is 23.3. The van der Waals surface area contributed by atoms with Gasteiger partial charge in [-0.05, 0) is 77.8 Å². The maximum Gasteiger partial charge on any atom is 0.248 e. The predicted molar refractivity (Wildman–Crippen MR) is 157 cm³/mol. The molecule has 1 unspecified atom stereocenters. The molecular formula is C33H36N2O5. The first-order valence-electron chi connectivity index (χ1n) is 13.9. The number of rotatable bonds is 11. The Kier molecular flexibility index (Phi) is 8.33. The summed E-state index contributed by atoms with van der Waals surface area (Å²) in [7, 11) is 1.55. The summed E-state index contributed by atoms with van der Waals surface area (Å²) in [6, 6.07) is 18.5. The van der Waals surface area contributed by atoms with Crippen molar-refractivity contribution in [1.29, 1.82) is 0 Å². The smallest absolute Gasteiger partial charge is 0.248 e. The van der Waals surface area contributed by atoms with E-state index in [0.717, 1.165) is 25.7 Å². The number of Topliss-reactive ketones (excluding diaryl/α,β-unsaturated/α-hetero) is 1. The van der Waals surface area contributed by atoms with E-state index in [9.17, 15) is 14.7 Å². The van der Waals surface area contributed by atoms with Crippen molar-refractivity contribution in [2.45, 2.75) is 51.7 Å². The van der Waals surface area contributed by atoms with Crippen molar-refractivity contribution in [2.24, 2.45) is 0 Å². The van der Waals surface area contributed by atoms with Crippen LogP contribution in [0.15, 0.2) is 65.5 Å². The standard InChI is InChI=1S/C33H36N2O5/c1-4-20-13-23-15-25(16-24(23)14-21(20)5-2)34-18-29(36)27-9-11-31(33-28(27)10-12-32(38)35-33)40-19-30(37)22-7-6-8-26(17-22)39-3/h6-14,17,25,29,34,36H,4-5,15-16,18-19H2,1-3H3,(H,35,38). The summed E-state index contributed by atoms with van der Waals surface area (Å²) in [5, 5.41) is 15.4. The number of nitrogens with one attached hydrogen (secondary N) is 2. The third-order valence-corrected chi connectivity index (χ3v) is 7.82. The van der Waals surface area contributed by atoms with Crippen LogP contribution in [0.3, 0.4) is 0 Å². The van der Waals surface area contributed by atoms with Crippen molar-refractivity contribution in [1.82, 2.24) is 10.3 Å². The van der Waals surface area contributed by atoms with Gasteiger partial charge in [-0.3, -0.25) is 9.59 Å². The number of fused-ring (bicyclic) bond motifs is 2. The quantitative estimate of drug-likeness (QED) is 0.238. The Morgan fingerprint density at radius 2 is 1.75 bits per heavy atom. The zero-order valence-electron chi connectivity index (χ0n) is 23.3. The van der Waals surface area contributed by atoms with E-state index < -0.39 is 6.10 Å². The molecule has 7 nitrogen and oxygen atoms in total. The molecule has 1 aliphatic rings. The molecule has 1 aromatic heterocycles. The first-order valence-corrected chi connectivity index (χ1v) is 13.9. The van der Waals surface area contributed by atoms with E-state index in [1.807, 2.05) is 0 Å². The van der Waals surface area contributed by atoms with Gasteiger partial charge in [-0.2, -0.15) is 0 Å². The maximum absolute atomic E-state index is 12.7. The number of ketones is 1. The molecule has 5 rings (SSSR count). The second-order valence-corrected chi connectivity index (χ2v) is 10.3. The van der Waals surface area contributed by atoms with Crippen molar-refractivity contribution >= 4 is 16.7 Å². The van der Waals surface area contributed by atoms with Crippen molar-refractivity contribution < 1.29 is 19.4 Å². The van der Waals surface area contributed by atoms with Gasteiger partial charge in [0.15, 0.2) is 12.4 Å². The van der Waals surface area contributed by atoms with Gasteiger partial charge in [0.25, 0.3) is 0 Å². The molecule has 0 bridgehead atoms. The van der Waals surface area contributed by atoms with Gasteiger partial charge in [0.1, 0.15) is 11.5 Å². The molecule has 40 heavy (non-hydrogen) atoms. The fraction of sp³-hybridized carbons (Fsp3) is 0.333. The number of H-pyrrole nitrogens is 1. The van der Waals surface area contributed by atoms with Crippen LogP contribution in [0.25, 0.3) is 10.9 Å². The number of carbonyl (C=O) groups is 1. The monoisotopic (exact) mass is 540 g/mol. The van der Waals surface area contributed by atoms with Crippen LogP contribution < -0.4 is 20.3 Å². The van der Waals surface area contributed by atoms with Gasteiger partial charge < -0.3 is 24.9 Å². The summed E-state index contributed by atoms with van der Waals surface area (Å²) in [5.74, 6) is 0.747. The minimum Gasteiger partial charge on any atom is -0.497 e. The number of aromatic amines is 1. The lowest BCUT2D eigenvalue weighted by atomic mass is 9.97. The molecule has 0 fully saturated rings. The molecule has 3 aromatic carbocycles. The van der Waals surface area contributed by atoms with Gasteiger partial charge in [-0.1, -0.05) is 44.2 Å². The minimum atomic E-state index is -0.790. The highest BCUT2D eigenvalue weighted by atomic mass is 16.5. The van der Waals surface area contributed by atoms with Crippen LogP contribution in [-0.4, -0.2) is 42.2 Å². The number of aromatic nitrogens is 1. The van der Waals surface area contributed by atoms with Crippen LogP contribution in [-0.2, 0) is 25.7 Å². The number of ether oxygens (including phenoxy) is 2. The number of hydrogen-bond donors (Lipinski definition) is 3. The molecule has 4 aromatic rings. The van der Waals surface area contributed by atoms with Gasteiger partial charge in [-0.15, -0.1) is 0 Å². The predicted octanol–water partition coefficient (Wildman–Crippen LogP) is 4.71. The molecule has 0 saturated carbocycles. The lowest BCUT2D eigenvalue weighted by Crippen LogP contribution is -2.33. The van der Waals surface area contributed by atoms with Gasteiger partial charge >= 0.3 is 0 Å². The van der Waals surface area contributed by atoms with Crippen LogP contribution in [0.2, 0.25) is 0 Å². The number of hydrogen-bond acceptors (Lipinski definition) is 6. The highest BCUT2D eigenvalue weighted by Crippen LogP contribution is 2.31. The summed E-state index contributed by atoms with van der Waals surface area (Å²) in [4.78, 5) is 27.7. The van der Waals surface area contributed by atoms with Crippen LogP contribution in [0.4, 0.5) is 0 Å². The fourth-order valence-corrected chi connectivity index (χ4v) is 5.65. The lowest BCUT2D eigenvalue weighted by molar-refractivity contribution is 0.0922. The Morgan fingerprint density at radius 1 is 1.02 bits per heavy atom. The first-order chi connectivity index (χ1) is 19.4. The molecule has 1 aliphatic carbocycles. The van der Waals surface area contributed by atoms with E-state index in [1.165, 1.54) is 28.3 Å². The average molecular weight is 541 g/mol. The molecule has 1 atom stereocenters. The number of aliphatic hydroxyl groups excluding tert-OH is 1. The Hall–Kier alpha value is -3.94. The Balaban J connectivity index is 1.29. The van der Waals surface area contributed by atoms with E-state index in [0.29, 0.717) is 40.1 Å². The van der Waals surface area contributed by atoms with Crippen LogP contribution >= 0.6 is 0 Å². The summed E-state index contributed by atoms with van der Waals surface area (Å²) in [6.45, 7) is 4.58. The van der Waals surface area contributed by atoms with E-state index in [-0.39, 0.29) is 24.0 Å². The Labute approximate surface area is 234 Å². The molecule has 208 valence electrons. The lowest BCUT2D eigenvalue weighted by Gasteiger charge is -2.19. The van der Waals surface area contributed by atoms with E-state index in [2.05, 4.69) is 36.3 Å². The van der Waals surface area contributed by atoms with Gasteiger partial charge in [0.2, 0.25) is 5.56 Å². The number of carbonyl (C=O) groups excluding carboxylic acids is 1. The van der Waals surface area contributed by atoms with Gasteiger partial charge in [0.05, 0.1) is 18.7 Å². The molecular weight excluding hydrogens is 504 g/mol. The van der Waals surface area contributed by atoms with Crippen LogP contribution in [0.1, 0.15) is 58.1 Å². The normalized spacial score (nSPS) is 13.8. The largest absolute Gasteiger partial charge is 0.497 e. The molecule has 3 N–H and O–H groups in total. The van der Waals surface area contributed by atoms with E-state index in [4.69, 9.17) is 9.47 Å². The molecule has 0 spiro atoms. The molecule has 0 saturated heterocycles. The molecule has 1 heterocycles. The maximum atomic E-state index is 12.7. The van der Waals surface area contributed by atoms with Crippen LogP contribution in [0.5, 0.6) is 11.5 Å². The van der Waals surface area contributed by atoms with Crippen molar-refractivity contribution in [2.75, 3.05) is 20.3 Å². The molecule has 0 aliphatic heterocycles.